The normalized spacial score (nSPS) is 25.3. The van der Waals surface area contributed by atoms with Gasteiger partial charge < -0.3 is 5.32 Å². The van der Waals surface area contributed by atoms with Crippen LogP contribution in [0.5, 0.6) is 0 Å². The summed E-state index contributed by atoms with van der Waals surface area (Å²) in [5.41, 5.74) is 1.16. The molecule has 1 N–H and O–H groups in total. The number of hydrogen-bond acceptors (Lipinski definition) is 2. The summed E-state index contributed by atoms with van der Waals surface area (Å²) < 4.78 is 0. The molecule has 18 heavy (non-hydrogen) atoms. The molecule has 0 bridgehead atoms. The van der Waals surface area contributed by atoms with Crippen LogP contribution in [0.1, 0.15) is 25.8 Å². The maximum Gasteiger partial charge on any atom is 0.0465 e. The first kappa shape index (κ1) is 14.1. The molecular weight excluding hydrogens is 267 g/mol. The van der Waals surface area contributed by atoms with Gasteiger partial charge in [0.1, 0.15) is 0 Å². The molecule has 1 aromatic rings. The maximum atomic E-state index is 6.24. The summed E-state index contributed by atoms with van der Waals surface area (Å²) in [6.45, 7) is 7.50. The first-order valence-electron chi connectivity index (χ1n) is 6.51. The third-order valence-corrected chi connectivity index (χ3v) is 4.25. The van der Waals surface area contributed by atoms with Gasteiger partial charge in [-0.05, 0) is 31.0 Å². The van der Waals surface area contributed by atoms with Crippen LogP contribution in [0.2, 0.25) is 10.0 Å². The molecule has 4 heteroatoms. The lowest BCUT2D eigenvalue weighted by Gasteiger charge is -2.38. The van der Waals surface area contributed by atoms with Crippen molar-refractivity contribution in [1.29, 1.82) is 0 Å². The van der Waals surface area contributed by atoms with E-state index < -0.39 is 0 Å². The van der Waals surface area contributed by atoms with Crippen LogP contribution >= 0.6 is 23.2 Å². The van der Waals surface area contributed by atoms with Crippen LogP contribution < -0.4 is 5.32 Å². The summed E-state index contributed by atoms with van der Waals surface area (Å²) in [6, 6.07) is 6.89. The van der Waals surface area contributed by atoms with Gasteiger partial charge in [-0.1, -0.05) is 36.2 Å². The lowest BCUT2D eigenvalue weighted by atomic mass is 10.1. The largest absolute Gasteiger partial charge is 0.311 e. The van der Waals surface area contributed by atoms with Crippen LogP contribution in [0.25, 0.3) is 0 Å². The number of rotatable bonds is 3. The maximum absolute atomic E-state index is 6.24. The van der Waals surface area contributed by atoms with Crippen LogP contribution in [0.4, 0.5) is 0 Å². The van der Waals surface area contributed by atoms with Crippen molar-refractivity contribution >= 4 is 23.2 Å². The molecule has 2 atom stereocenters. The standard InChI is InChI=1S/C14H20Cl2N2/c1-3-13-9-18(10(2)7-17-13)8-11-4-5-12(15)6-14(11)16/h4-6,10,13,17H,3,7-9H2,1-2H3. The van der Waals surface area contributed by atoms with Crippen molar-refractivity contribution in [3.63, 3.8) is 0 Å². The second-order valence-electron chi connectivity index (χ2n) is 5.03. The smallest absolute Gasteiger partial charge is 0.0465 e. The monoisotopic (exact) mass is 286 g/mol. The molecule has 0 amide bonds. The summed E-state index contributed by atoms with van der Waals surface area (Å²) in [7, 11) is 0. The molecule has 2 unspecified atom stereocenters. The van der Waals surface area contributed by atoms with Crippen LogP contribution in [-0.4, -0.2) is 30.1 Å². The second kappa shape index (κ2) is 6.25. The summed E-state index contributed by atoms with van der Waals surface area (Å²) in [6.07, 6.45) is 1.16. The zero-order valence-corrected chi connectivity index (χ0v) is 12.4. The summed E-state index contributed by atoms with van der Waals surface area (Å²) in [5.74, 6) is 0. The molecule has 1 aliphatic heterocycles. The van der Waals surface area contributed by atoms with Gasteiger partial charge >= 0.3 is 0 Å². The number of halogens is 2. The zero-order valence-electron chi connectivity index (χ0n) is 10.9. The first-order chi connectivity index (χ1) is 8.60. The van der Waals surface area contributed by atoms with Gasteiger partial charge in [-0.25, -0.2) is 0 Å². The van der Waals surface area contributed by atoms with Gasteiger partial charge in [0, 0.05) is 41.8 Å². The molecule has 0 saturated carbocycles. The Bertz CT molecular complexity index is 409. The van der Waals surface area contributed by atoms with E-state index in [1.165, 1.54) is 0 Å². The van der Waals surface area contributed by atoms with Crippen molar-refractivity contribution < 1.29 is 0 Å². The van der Waals surface area contributed by atoms with Crippen LogP contribution in [-0.2, 0) is 6.54 Å². The Morgan fingerprint density at radius 1 is 1.39 bits per heavy atom. The molecule has 1 aromatic carbocycles. The van der Waals surface area contributed by atoms with E-state index in [0.717, 1.165) is 36.6 Å². The molecule has 1 saturated heterocycles. The Balaban J connectivity index is 2.07. The number of nitrogens with one attached hydrogen (secondary N) is 1. The Hall–Kier alpha value is -0.280. The van der Waals surface area contributed by atoms with Gasteiger partial charge in [-0.2, -0.15) is 0 Å². The Morgan fingerprint density at radius 3 is 2.83 bits per heavy atom. The van der Waals surface area contributed by atoms with Gasteiger partial charge in [0.25, 0.3) is 0 Å². The third kappa shape index (κ3) is 3.39. The second-order valence-corrected chi connectivity index (χ2v) is 5.87. The summed E-state index contributed by atoms with van der Waals surface area (Å²) in [4.78, 5) is 2.49. The van der Waals surface area contributed by atoms with Gasteiger partial charge in [-0.3, -0.25) is 4.90 Å². The highest BCUT2D eigenvalue weighted by Gasteiger charge is 2.24. The minimum absolute atomic E-state index is 0.541. The fourth-order valence-electron chi connectivity index (χ4n) is 2.36. The highest BCUT2D eigenvalue weighted by molar-refractivity contribution is 6.35. The predicted octanol–water partition coefficient (Wildman–Crippen LogP) is 3.57. The van der Waals surface area contributed by atoms with E-state index >= 15 is 0 Å². The van der Waals surface area contributed by atoms with Crippen molar-refractivity contribution in [3.8, 4) is 0 Å². The molecule has 1 heterocycles. The molecule has 1 aliphatic rings. The zero-order chi connectivity index (χ0) is 13.1. The quantitative estimate of drug-likeness (QED) is 0.914. The molecule has 0 radical (unpaired) electrons. The van der Waals surface area contributed by atoms with Crippen molar-refractivity contribution in [3.05, 3.63) is 33.8 Å². The molecule has 0 spiro atoms. The van der Waals surface area contributed by atoms with E-state index in [2.05, 4.69) is 24.1 Å². The van der Waals surface area contributed by atoms with Crippen molar-refractivity contribution in [2.75, 3.05) is 13.1 Å². The summed E-state index contributed by atoms with van der Waals surface area (Å²) in [5, 5.41) is 5.03. The highest BCUT2D eigenvalue weighted by Crippen LogP contribution is 2.23. The fraction of sp³-hybridized carbons (Fsp3) is 0.571. The molecule has 2 rings (SSSR count). The molecular formula is C14H20Cl2N2. The lowest BCUT2D eigenvalue weighted by Crippen LogP contribution is -2.54. The molecule has 0 aliphatic carbocycles. The number of benzene rings is 1. The van der Waals surface area contributed by atoms with Crippen molar-refractivity contribution in [2.45, 2.75) is 38.9 Å². The number of nitrogens with zero attached hydrogens (tertiary/aromatic N) is 1. The fourth-order valence-corrected chi connectivity index (χ4v) is 2.82. The lowest BCUT2D eigenvalue weighted by molar-refractivity contribution is 0.131. The third-order valence-electron chi connectivity index (χ3n) is 3.66. The van der Waals surface area contributed by atoms with Gasteiger partial charge in [0.15, 0.2) is 0 Å². The van der Waals surface area contributed by atoms with Crippen LogP contribution in [0.15, 0.2) is 18.2 Å². The SMILES string of the molecule is CCC1CN(Cc2ccc(Cl)cc2Cl)C(C)CN1. The Labute approximate surface area is 119 Å². The van der Waals surface area contributed by atoms with E-state index in [9.17, 15) is 0 Å². The average molecular weight is 287 g/mol. The molecule has 100 valence electrons. The summed E-state index contributed by atoms with van der Waals surface area (Å²) >= 11 is 12.2. The number of piperazine rings is 1. The van der Waals surface area contributed by atoms with Crippen LogP contribution in [0.3, 0.4) is 0 Å². The predicted molar refractivity (Wildman–Crippen MR) is 78.4 cm³/mol. The molecule has 1 fully saturated rings. The van der Waals surface area contributed by atoms with Crippen molar-refractivity contribution in [2.24, 2.45) is 0 Å². The number of hydrogen-bond donors (Lipinski definition) is 1. The van der Waals surface area contributed by atoms with E-state index in [1.54, 1.807) is 0 Å². The first-order valence-corrected chi connectivity index (χ1v) is 7.27. The Kier molecular flexibility index (Phi) is 4.91. The van der Waals surface area contributed by atoms with Crippen LogP contribution in [0, 0.1) is 0 Å². The molecule has 2 nitrogen and oxygen atoms in total. The van der Waals surface area contributed by atoms with Gasteiger partial charge in [-0.15, -0.1) is 0 Å². The van der Waals surface area contributed by atoms with E-state index in [-0.39, 0.29) is 0 Å². The average Bonchev–Trinajstić information content (AvgIpc) is 2.35. The molecule has 0 aromatic heterocycles. The highest BCUT2D eigenvalue weighted by atomic mass is 35.5. The van der Waals surface area contributed by atoms with E-state index in [4.69, 9.17) is 23.2 Å². The van der Waals surface area contributed by atoms with E-state index in [0.29, 0.717) is 17.1 Å². The Morgan fingerprint density at radius 2 is 2.17 bits per heavy atom. The van der Waals surface area contributed by atoms with Gasteiger partial charge in [0.2, 0.25) is 0 Å². The topological polar surface area (TPSA) is 15.3 Å². The van der Waals surface area contributed by atoms with Gasteiger partial charge in [0.05, 0.1) is 0 Å². The van der Waals surface area contributed by atoms with Crippen molar-refractivity contribution in [1.82, 2.24) is 10.2 Å². The minimum atomic E-state index is 0.541. The van der Waals surface area contributed by atoms with E-state index in [1.807, 2.05) is 18.2 Å². The minimum Gasteiger partial charge on any atom is -0.311 e.